The SMILES string of the molecule is COc1ccc(/C(Br)=C(/C(=O)c2ccc(F)cc2)N(C)S(=O)(=O)c2ccc(C)cc2)cc1. The fraction of sp³-hybridized carbons (Fsp3) is 0.125. The summed E-state index contributed by atoms with van der Waals surface area (Å²) < 4.78 is 46.5. The standard InChI is InChI=1S/C24H21BrFNO4S/c1-16-4-14-21(15-5-16)32(29,30)27(2)23(24(28)18-6-10-19(26)11-7-18)22(25)17-8-12-20(31-3)13-9-17/h4-15H,1-3H3/b23-22+. The normalized spacial score (nSPS) is 12.2. The second-order valence-electron chi connectivity index (χ2n) is 7.01. The fourth-order valence-electron chi connectivity index (χ4n) is 2.98. The van der Waals surface area contributed by atoms with Crippen LogP contribution in [0.3, 0.4) is 0 Å². The summed E-state index contributed by atoms with van der Waals surface area (Å²) in [5.74, 6) is -0.464. The van der Waals surface area contributed by atoms with Gasteiger partial charge in [-0.25, -0.2) is 12.8 Å². The number of hydrogen-bond acceptors (Lipinski definition) is 4. The molecule has 0 atom stereocenters. The first kappa shape index (κ1) is 23.7. The molecule has 0 unspecified atom stereocenters. The molecule has 0 bridgehead atoms. The Labute approximate surface area is 195 Å². The molecule has 0 amide bonds. The molecule has 3 aromatic carbocycles. The molecule has 3 aromatic rings. The first-order valence-electron chi connectivity index (χ1n) is 9.55. The minimum Gasteiger partial charge on any atom is -0.497 e. The number of aryl methyl sites for hydroxylation is 1. The van der Waals surface area contributed by atoms with Crippen LogP contribution < -0.4 is 4.74 Å². The Bertz CT molecular complexity index is 1250. The average molecular weight is 518 g/mol. The van der Waals surface area contributed by atoms with Crippen LogP contribution in [0, 0.1) is 12.7 Å². The summed E-state index contributed by atoms with van der Waals surface area (Å²) in [5.41, 5.74) is 1.52. The molecule has 0 fully saturated rings. The molecule has 0 radical (unpaired) electrons. The molecule has 8 heteroatoms. The number of sulfonamides is 1. The molecule has 0 N–H and O–H groups in total. The lowest BCUT2D eigenvalue weighted by Crippen LogP contribution is -2.31. The van der Waals surface area contributed by atoms with Crippen LogP contribution in [0.1, 0.15) is 21.5 Å². The highest BCUT2D eigenvalue weighted by molar-refractivity contribution is 9.15. The van der Waals surface area contributed by atoms with Crippen molar-refractivity contribution in [2.45, 2.75) is 11.8 Å². The molecular weight excluding hydrogens is 497 g/mol. The number of allylic oxidation sites excluding steroid dienone is 1. The van der Waals surface area contributed by atoms with E-state index in [1.807, 2.05) is 6.92 Å². The van der Waals surface area contributed by atoms with Crippen LogP contribution in [0.15, 0.2) is 83.4 Å². The largest absolute Gasteiger partial charge is 0.497 e. The first-order chi connectivity index (χ1) is 15.1. The molecule has 0 aliphatic heterocycles. The molecule has 32 heavy (non-hydrogen) atoms. The van der Waals surface area contributed by atoms with Crippen molar-refractivity contribution in [3.8, 4) is 5.75 Å². The summed E-state index contributed by atoms with van der Waals surface area (Å²) in [5, 5.41) is 0. The van der Waals surface area contributed by atoms with E-state index in [-0.39, 0.29) is 20.6 Å². The van der Waals surface area contributed by atoms with Gasteiger partial charge in [-0.15, -0.1) is 0 Å². The zero-order valence-electron chi connectivity index (χ0n) is 17.7. The maximum atomic E-state index is 13.4. The third-order valence-electron chi connectivity index (χ3n) is 4.87. The average Bonchev–Trinajstić information content (AvgIpc) is 2.79. The van der Waals surface area contributed by atoms with Crippen molar-refractivity contribution in [3.05, 3.63) is 101 Å². The highest BCUT2D eigenvalue weighted by Gasteiger charge is 2.30. The van der Waals surface area contributed by atoms with Crippen molar-refractivity contribution in [3.63, 3.8) is 0 Å². The van der Waals surface area contributed by atoms with E-state index >= 15 is 0 Å². The van der Waals surface area contributed by atoms with E-state index in [1.54, 1.807) is 36.4 Å². The van der Waals surface area contributed by atoms with Gasteiger partial charge in [0.25, 0.3) is 10.0 Å². The van der Waals surface area contributed by atoms with Crippen molar-refractivity contribution in [2.24, 2.45) is 0 Å². The smallest absolute Gasteiger partial charge is 0.264 e. The van der Waals surface area contributed by atoms with Gasteiger partial charge in [0.15, 0.2) is 0 Å². The zero-order valence-corrected chi connectivity index (χ0v) is 20.1. The van der Waals surface area contributed by atoms with E-state index in [9.17, 15) is 17.6 Å². The third kappa shape index (κ3) is 4.92. The van der Waals surface area contributed by atoms with Crippen LogP contribution in [0.5, 0.6) is 5.75 Å². The van der Waals surface area contributed by atoms with Crippen molar-refractivity contribution in [1.29, 1.82) is 0 Å². The Kier molecular flexibility index (Phi) is 7.16. The molecule has 0 saturated carbocycles. The second-order valence-corrected chi connectivity index (χ2v) is 9.77. The predicted molar refractivity (Wildman–Crippen MR) is 126 cm³/mol. The number of likely N-dealkylation sites (N-methyl/N-ethyl adjacent to an activating group) is 1. The number of nitrogens with zero attached hydrogens (tertiary/aromatic N) is 1. The Hall–Kier alpha value is -2.97. The number of carbonyl (C=O) groups is 1. The van der Waals surface area contributed by atoms with Gasteiger partial charge in [-0.1, -0.05) is 29.8 Å². The van der Waals surface area contributed by atoms with E-state index in [0.29, 0.717) is 11.3 Å². The molecule has 166 valence electrons. The minimum atomic E-state index is -4.06. The second kappa shape index (κ2) is 9.67. The molecule has 3 rings (SSSR count). The fourth-order valence-corrected chi connectivity index (χ4v) is 5.02. The summed E-state index contributed by atoms with van der Waals surface area (Å²) >= 11 is 3.43. The van der Waals surface area contributed by atoms with Crippen LogP contribution in [0.25, 0.3) is 4.48 Å². The number of benzene rings is 3. The molecule has 0 spiro atoms. The van der Waals surface area contributed by atoms with Crippen LogP contribution in [0.2, 0.25) is 0 Å². The van der Waals surface area contributed by atoms with Crippen LogP contribution in [0.4, 0.5) is 4.39 Å². The monoisotopic (exact) mass is 517 g/mol. The topological polar surface area (TPSA) is 63.7 Å². The molecule has 0 saturated heterocycles. The van der Waals surface area contributed by atoms with Crippen molar-refractivity contribution >= 4 is 36.2 Å². The van der Waals surface area contributed by atoms with Crippen molar-refractivity contribution < 1.29 is 22.3 Å². The maximum Gasteiger partial charge on any atom is 0.264 e. The van der Waals surface area contributed by atoms with Crippen LogP contribution >= 0.6 is 15.9 Å². The lowest BCUT2D eigenvalue weighted by atomic mass is 10.1. The number of halogens is 2. The lowest BCUT2D eigenvalue weighted by Gasteiger charge is -2.24. The Morgan fingerprint density at radius 3 is 1.97 bits per heavy atom. The Balaban J connectivity index is 2.17. The number of methoxy groups -OCH3 is 1. The van der Waals surface area contributed by atoms with Crippen molar-refractivity contribution in [1.82, 2.24) is 4.31 Å². The number of carbonyl (C=O) groups excluding carboxylic acids is 1. The quantitative estimate of drug-likeness (QED) is 0.310. The third-order valence-corrected chi connectivity index (χ3v) is 7.47. The maximum absolute atomic E-state index is 13.4. The summed E-state index contributed by atoms with van der Waals surface area (Å²) in [6.07, 6.45) is 0. The highest BCUT2D eigenvalue weighted by atomic mass is 79.9. The molecular formula is C24H21BrFNO4S. The number of hydrogen-bond donors (Lipinski definition) is 0. The molecule has 0 aliphatic carbocycles. The van der Waals surface area contributed by atoms with E-state index in [1.165, 1.54) is 38.4 Å². The first-order valence-corrected chi connectivity index (χ1v) is 11.8. The number of ether oxygens (including phenoxy) is 1. The predicted octanol–water partition coefficient (Wildman–Crippen LogP) is 5.41. The van der Waals surface area contributed by atoms with Gasteiger partial charge in [0.1, 0.15) is 17.3 Å². The number of ketones is 1. The molecule has 5 nitrogen and oxygen atoms in total. The van der Waals surface area contributed by atoms with Gasteiger partial charge >= 0.3 is 0 Å². The Morgan fingerprint density at radius 2 is 1.44 bits per heavy atom. The van der Waals surface area contributed by atoms with Gasteiger partial charge in [0, 0.05) is 12.6 Å². The van der Waals surface area contributed by atoms with E-state index in [0.717, 1.165) is 22.0 Å². The van der Waals surface area contributed by atoms with Gasteiger partial charge in [-0.05, 0) is 76.9 Å². The van der Waals surface area contributed by atoms with Crippen molar-refractivity contribution in [2.75, 3.05) is 14.2 Å². The summed E-state index contributed by atoms with van der Waals surface area (Å²) in [4.78, 5) is 13.5. The van der Waals surface area contributed by atoms with E-state index < -0.39 is 21.6 Å². The zero-order chi connectivity index (χ0) is 23.5. The summed E-state index contributed by atoms with van der Waals surface area (Å²) in [6.45, 7) is 1.85. The van der Waals surface area contributed by atoms with Gasteiger partial charge < -0.3 is 4.74 Å². The molecule has 0 aromatic heterocycles. The van der Waals surface area contributed by atoms with Crippen LogP contribution in [-0.2, 0) is 10.0 Å². The number of Topliss-reactive ketones (excluding diaryl/α,β-unsaturated/α-hetero) is 1. The van der Waals surface area contributed by atoms with Gasteiger partial charge in [-0.2, -0.15) is 0 Å². The lowest BCUT2D eigenvalue weighted by molar-refractivity contribution is 0.101. The molecule has 0 heterocycles. The summed E-state index contributed by atoms with van der Waals surface area (Å²) in [7, 11) is -1.21. The van der Waals surface area contributed by atoms with E-state index in [2.05, 4.69) is 15.9 Å². The van der Waals surface area contributed by atoms with Gasteiger partial charge in [0.05, 0.1) is 16.5 Å². The highest BCUT2D eigenvalue weighted by Crippen LogP contribution is 2.33. The minimum absolute atomic E-state index is 0.0463. The van der Waals surface area contributed by atoms with E-state index in [4.69, 9.17) is 4.74 Å². The van der Waals surface area contributed by atoms with Crippen LogP contribution in [-0.4, -0.2) is 32.7 Å². The van der Waals surface area contributed by atoms with Gasteiger partial charge in [-0.3, -0.25) is 9.10 Å². The summed E-state index contributed by atoms with van der Waals surface area (Å²) in [6, 6.07) is 18.1. The van der Waals surface area contributed by atoms with Gasteiger partial charge in [0.2, 0.25) is 5.78 Å². The molecule has 0 aliphatic rings. The number of rotatable bonds is 7. The Morgan fingerprint density at radius 1 is 0.906 bits per heavy atom.